The topological polar surface area (TPSA) is 69.2 Å². The summed E-state index contributed by atoms with van der Waals surface area (Å²) in [7, 11) is 3.69. The molecule has 1 saturated heterocycles. The Morgan fingerprint density at radius 2 is 2.12 bits per heavy atom. The number of aromatic nitrogens is 4. The third kappa shape index (κ3) is 3.48. The molecule has 0 N–H and O–H groups in total. The molecule has 2 aromatic heterocycles. The Bertz CT molecular complexity index is 864. The van der Waals surface area contributed by atoms with E-state index in [0.717, 1.165) is 55.5 Å². The highest BCUT2D eigenvalue weighted by Gasteiger charge is 2.26. The number of ether oxygens (including phenoxy) is 1. The third-order valence-electron chi connectivity index (χ3n) is 4.99. The molecule has 0 radical (unpaired) electrons. The predicted molar refractivity (Wildman–Crippen MR) is 96.7 cm³/mol. The van der Waals surface area contributed by atoms with E-state index in [1.54, 1.807) is 7.11 Å². The van der Waals surface area contributed by atoms with Gasteiger partial charge in [0.2, 0.25) is 11.7 Å². The summed E-state index contributed by atoms with van der Waals surface area (Å²) in [5.41, 5.74) is 0.909. The van der Waals surface area contributed by atoms with Crippen molar-refractivity contribution in [3.8, 4) is 17.1 Å². The third-order valence-corrected chi connectivity index (χ3v) is 4.99. The fourth-order valence-corrected chi connectivity index (χ4v) is 3.37. The number of aryl methyl sites for hydroxylation is 1. The van der Waals surface area contributed by atoms with Crippen LogP contribution in [-0.4, -0.2) is 44.8 Å². The molecule has 0 aliphatic carbocycles. The molecule has 3 aromatic rings. The minimum atomic E-state index is 0.319. The van der Waals surface area contributed by atoms with Gasteiger partial charge in [0.1, 0.15) is 11.6 Å². The van der Waals surface area contributed by atoms with Crippen molar-refractivity contribution in [3.63, 3.8) is 0 Å². The van der Waals surface area contributed by atoms with Crippen molar-refractivity contribution in [2.24, 2.45) is 7.05 Å². The van der Waals surface area contributed by atoms with Gasteiger partial charge >= 0.3 is 0 Å². The zero-order valence-corrected chi connectivity index (χ0v) is 15.1. The Morgan fingerprint density at radius 1 is 1.27 bits per heavy atom. The lowest BCUT2D eigenvalue weighted by atomic mass is 9.97. The van der Waals surface area contributed by atoms with Gasteiger partial charge in [-0.15, -0.1) is 0 Å². The Labute approximate surface area is 152 Å². The van der Waals surface area contributed by atoms with Gasteiger partial charge in [-0.1, -0.05) is 17.3 Å². The van der Waals surface area contributed by atoms with E-state index >= 15 is 0 Å². The van der Waals surface area contributed by atoms with Crippen molar-refractivity contribution in [3.05, 3.63) is 48.4 Å². The van der Waals surface area contributed by atoms with Gasteiger partial charge in [0, 0.05) is 30.9 Å². The molecule has 0 atom stereocenters. The summed E-state index contributed by atoms with van der Waals surface area (Å²) in [4.78, 5) is 11.5. The van der Waals surface area contributed by atoms with E-state index in [0.29, 0.717) is 11.7 Å². The fourth-order valence-electron chi connectivity index (χ4n) is 3.37. The molecule has 26 heavy (non-hydrogen) atoms. The maximum absolute atomic E-state index is 5.56. The highest BCUT2D eigenvalue weighted by atomic mass is 16.5. The Hall–Kier alpha value is -2.67. The predicted octanol–water partition coefficient (Wildman–Crippen LogP) is 2.86. The van der Waals surface area contributed by atoms with E-state index in [-0.39, 0.29) is 0 Å². The first-order valence-electron chi connectivity index (χ1n) is 8.89. The number of hydrogen-bond acceptors (Lipinski definition) is 6. The van der Waals surface area contributed by atoms with Crippen LogP contribution in [0.3, 0.4) is 0 Å². The number of imidazole rings is 1. The van der Waals surface area contributed by atoms with Crippen LogP contribution in [0, 0.1) is 0 Å². The lowest BCUT2D eigenvalue weighted by Crippen LogP contribution is -2.33. The average molecular weight is 353 g/mol. The quantitative estimate of drug-likeness (QED) is 0.702. The summed E-state index contributed by atoms with van der Waals surface area (Å²) in [6.07, 6.45) is 5.87. The zero-order chi connectivity index (χ0) is 17.9. The number of nitrogens with zero attached hydrogens (tertiary/aromatic N) is 5. The summed E-state index contributed by atoms with van der Waals surface area (Å²) in [5.74, 6) is 3.56. The summed E-state index contributed by atoms with van der Waals surface area (Å²) in [5, 5.41) is 4.16. The second-order valence-electron chi connectivity index (χ2n) is 6.69. The van der Waals surface area contributed by atoms with Crippen LogP contribution < -0.4 is 4.74 Å². The molecule has 0 bridgehead atoms. The molecule has 0 saturated carbocycles. The number of benzene rings is 1. The van der Waals surface area contributed by atoms with Crippen LogP contribution >= 0.6 is 0 Å². The first-order valence-corrected chi connectivity index (χ1v) is 8.89. The largest absolute Gasteiger partial charge is 0.497 e. The minimum Gasteiger partial charge on any atom is -0.497 e. The molecular formula is C19H23N5O2. The van der Waals surface area contributed by atoms with Crippen molar-refractivity contribution < 1.29 is 9.26 Å². The summed E-state index contributed by atoms with van der Waals surface area (Å²) >= 11 is 0. The number of likely N-dealkylation sites (tertiary alicyclic amines) is 1. The van der Waals surface area contributed by atoms with E-state index in [2.05, 4.69) is 24.6 Å². The van der Waals surface area contributed by atoms with Gasteiger partial charge in [0.25, 0.3) is 0 Å². The van der Waals surface area contributed by atoms with Crippen molar-refractivity contribution in [1.82, 2.24) is 24.6 Å². The monoisotopic (exact) mass is 353 g/mol. The van der Waals surface area contributed by atoms with Gasteiger partial charge in [-0.05, 0) is 38.1 Å². The molecule has 3 heterocycles. The summed E-state index contributed by atoms with van der Waals surface area (Å²) < 4.78 is 12.9. The molecule has 1 aliphatic heterocycles. The normalized spacial score (nSPS) is 16.1. The van der Waals surface area contributed by atoms with Crippen LogP contribution in [-0.2, 0) is 13.6 Å². The lowest BCUT2D eigenvalue weighted by molar-refractivity contribution is 0.183. The first-order chi connectivity index (χ1) is 12.7. The van der Waals surface area contributed by atoms with Gasteiger partial charge in [0.15, 0.2) is 0 Å². The molecule has 7 nitrogen and oxygen atoms in total. The summed E-state index contributed by atoms with van der Waals surface area (Å²) in [6, 6.07) is 7.72. The second kappa shape index (κ2) is 7.29. The Balaban J connectivity index is 1.39. The summed E-state index contributed by atoms with van der Waals surface area (Å²) in [6.45, 7) is 2.90. The van der Waals surface area contributed by atoms with Gasteiger partial charge in [0.05, 0.1) is 13.7 Å². The molecule has 0 unspecified atom stereocenters. The first kappa shape index (κ1) is 16.8. The van der Waals surface area contributed by atoms with Crippen molar-refractivity contribution in [1.29, 1.82) is 0 Å². The lowest BCUT2D eigenvalue weighted by Gasteiger charge is -2.29. The fraction of sp³-hybridized carbons (Fsp3) is 0.421. The highest BCUT2D eigenvalue weighted by Crippen LogP contribution is 2.29. The number of hydrogen-bond donors (Lipinski definition) is 0. The highest BCUT2D eigenvalue weighted by molar-refractivity contribution is 5.56. The van der Waals surface area contributed by atoms with Crippen molar-refractivity contribution in [2.75, 3.05) is 20.2 Å². The van der Waals surface area contributed by atoms with Crippen LogP contribution in [0.1, 0.15) is 30.5 Å². The zero-order valence-electron chi connectivity index (χ0n) is 15.1. The standard InChI is InChI=1S/C19H23N5O2/c1-23-11-8-20-17(23)13-24-9-6-14(7-10-24)19-21-18(22-26-19)15-4-3-5-16(12-15)25-2/h3-5,8,11-12,14H,6-7,9-10,13H2,1-2H3. The van der Waals surface area contributed by atoms with Gasteiger partial charge in [-0.2, -0.15) is 4.98 Å². The molecule has 1 fully saturated rings. The van der Waals surface area contributed by atoms with E-state index in [1.807, 2.05) is 43.7 Å². The molecule has 1 aliphatic rings. The van der Waals surface area contributed by atoms with E-state index in [1.165, 1.54) is 0 Å². The molecule has 0 amide bonds. The number of rotatable bonds is 5. The number of methoxy groups -OCH3 is 1. The average Bonchev–Trinajstić information content (AvgIpc) is 3.32. The molecule has 7 heteroatoms. The van der Waals surface area contributed by atoms with Crippen molar-refractivity contribution >= 4 is 0 Å². The molecule has 0 spiro atoms. The van der Waals surface area contributed by atoms with E-state index in [4.69, 9.17) is 9.26 Å². The number of piperidine rings is 1. The van der Waals surface area contributed by atoms with E-state index < -0.39 is 0 Å². The SMILES string of the molecule is COc1cccc(-c2noc(C3CCN(Cc4nccn4C)CC3)n2)c1. The van der Waals surface area contributed by atoms with E-state index in [9.17, 15) is 0 Å². The molecule has 4 rings (SSSR count). The van der Waals surface area contributed by atoms with Gasteiger partial charge in [-0.25, -0.2) is 4.98 Å². The van der Waals surface area contributed by atoms with Crippen LogP contribution in [0.2, 0.25) is 0 Å². The van der Waals surface area contributed by atoms with Crippen molar-refractivity contribution in [2.45, 2.75) is 25.3 Å². The maximum Gasteiger partial charge on any atom is 0.230 e. The Morgan fingerprint density at radius 3 is 2.85 bits per heavy atom. The Kier molecular flexibility index (Phi) is 4.71. The van der Waals surface area contributed by atoms with Gasteiger partial charge < -0.3 is 13.8 Å². The molecule has 136 valence electrons. The van der Waals surface area contributed by atoms with Crippen LogP contribution in [0.5, 0.6) is 5.75 Å². The molecular weight excluding hydrogens is 330 g/mol. The maximum atomic E-state index is 5.56. The minimum absolute atomic E-state index is 0.319. The molecule has 1 aromatic carbocycles. The second-order valence-corrected chi connectivity index (χ2v) is 6.69. The van der Waals surface area contributed by atoms with Crippen LogP contribution in [0.25, 0.3) is 11.4 Å². The van der Waals surface area contributed by atoms with Gasteiger partial charge in [-0.3, -0.25) is 4.90 Å². The van der Waals surface area contributed by atoms with Crippen LogP contribution in [0.4, 0.5) is 0 Å². The smallest absolute Gasteiger partial charge is 0.230 e. The van der Waals surface area contributed by atoms with Crippen LogP contribution in [0.15, 0.2) is 41.2 Å².